The Morgan fingerprint density at radius 2 is 2.00 bits per heavy atom. The van der Waals surface area contributed by atoms with Crippen LogP contribution in [0.1, 0.15) is 24.8 Å². The molecule has 18 heavy (non-hydrogen) atoms. The van der Waals surface area contributed by atoms with Crippen molar-refractivity contribution < 1.29 is 4.74 Å². The first-order valence-electron chi connectivity index (χ1n) is 6.91. The zero-order chi connectivity index (χ0) is 12.5. The first-order valence-corrected chi connectivity index (χ1v) is 6.91. The van der Waals surface area contributed by atoms with Crippen LogP contribution < -0.4 is 10.5 Å². The van der Waals surface area contributed by atoms with Crippen molar-refractivity contribution in [1.82, 2.24) is 4.90 Å². The lowest BCUT2D eigenvalue weighted by atomic mass is 10.0. The van der Waals surface area contributed by atoms with Crippen molar-refractivity contribution in [1.29, 1.82) is 0 Å². The number of hydrogen-bond acceptors (Lipinski definition) is 3. The van der Waals surface area contributed by atoms with Crippen LogP contribution >= 0.6 is 0 Å². The highest BCUT2D eigenvalue weighted by molar-refractivity contribution is 5.48. The van der Waals surface area contributed by atoms with E-state index in [0.717, 1.165) is 29.8 Å². The Hall–Kier alpha value is -1.22. The summed E-state index contributed by atoms with van der Waals surface area (Å²) in [5.74, 6) is 2.82. The van der Waals surface area contributed by atoms with Crippen molar-refractivity contribution in [3.05, 3.63) is 23.8 Å². The van der Waals surface area contributed by atoms with E-state index in [1.807, 2.05) is 12.1 Å². The zero-order valence-electron chi connectivity index (χ0n) is 11.1. The summed E-state index contributed by atoms with van der Waals surface area (Å²) in [6, 6.07) is 5.99. The van der Waals surface area contributed by atoms with Gasteiger partial charge < -0.3 is 10.5 Å². The Kier molecular flexibility index (Phi) is 3.16. The minimum atomic E-state index is 0.772. The molecule has 2 unspecified atom stereocenters. The molecule has 1 aromatic carbocycles. The Balaban J connectivity index is 1.70. The summed E-state index contributed by atoms with van der Waals surface area (Å²) in [4.78, 5) is 2.57. The number of hydrogen-bond donors (Lipinski definition) is 1. The van der Waals surface area contributed by atoms with Gasteiger partial charge in [0.1, 0.15) is 5.75 Å². The van der Waals surface area contributed by atoms with Crippen molar-refractivity contribution >= 4 is 5.69 Å². The zero-order valence-corrected chi connectivity index (χ0v) is 11.1. The summed E-state index contributed by atoms with van der Waals surface area (Å²) in [6.07, 6.45) is 4.30. The number of fused-ring (bicyclic) bond motifs is 1. The number of nitrogen functional groups attached to an aromatic ring is 1. The summed E-state index contributed by atoms with van der Waals surface area (Å²) in [6.45, 7) is 3.52. The van der Waals surface area contributed by atoms with Crippen molar-refractivity contribution in [3.8, 4) is 5.75 Å². The molecule has 1 heterocycles. The Labute approximate surface area is 109 Å². The Morgan fingerprint density at radius 3 is 2.67 bits per heavy atom. The second-order valence-corrected chi connectivity index (χ2v) is 5.72. The smallest absolute Gasteiger partial charge is 0.125 e. The maximum Gasteiger partial charge on any atom is 0.125 e. The number of nitrogens with zero attached hydrogens (tertiary/aromatic N) is 1. The third-order valence-electron chi connectivity index (χ3n) is 4.51. The summed E-state index contributed by atoms with van der Waals surface area (Å²) in [7, 11) is 1.72. The average Bonchev–Trinajstić information content (AvgIpc) is 2.92. The van der Waals surface area contributed by atoms with Gasteiger partial charge in [-0.2, -0.15) is 0 Å². The summed E-state index contributed by atoms with van der Waals surface area (Å²) in [5, 5.41) is 0. The maximum atomic E-state index is 5.79. The van der Waals surface area contributed by atoms with Gasteiger partial charge in [0.05, 0.1) is 7.11 Å². The van der Waals surface area contributed by atoms with Crippen LogP contribution in [0.15, 0.2) is 18.2 Å². The molecule has 98 valence electrons. The monoisotopic (exact) mass is 246 g/mol. The molecule has 2 atom stereocenters. The molecular formula is C15H22N2O. The van der Waals surface area contributed by atoms with E-state index in [9.17, 15) is 0 Å². The number of anilines is 1. The normalized spacial score (nSPS) is 27.4. The molecule has 1 aliphatic carbocycles. The predicted molar refractivity (Wildman–Crippen MR) is 73.5 cm³/mol. The Morgan fingerprint density at radius 1 is 1.28 bits per heavy atom. The second kappa shape index (κ2) is 4.81. The van der Waals surface area contributed by atoms with Gasteiger partial charge in [0, 0.05) is 37.0 Å². The molecule has 2 fully saturated rings. The highest BCUT2D eigenvalue weighted by atomic mass is 16.5. The fourth-order valence-electron chi connectivity index (χ4n) is 3.59. The molecule has 1 aromatic rings. The van der Waals surface area contributed by atoms with E-state index in [-0.39, 0.29) is 0 Å². The van der Waals surface area contributed by atoms with Crippen molar-refractivity contribution in [2.24, 2.45) is 11.8 Å². The number of methoxy groups -OCH3 is 1. The standard InChI is InChI=1S/C15H22N2O/c1-18-15-7-14(16)6-5-13(15)10-17-8-11-3-2-4-12(11)9-17/h5-7,11-12H,2-4,8-10,16H2,1H3. The summed E-state index contributed by atoms with van der Waals surface area (Å²) in [5.41, 5.74) is 7.82. The van der Waals surface area contributed by atoms with E-state index < -0.39 is 0 Å². The van der Waals surface area contributed by atoms with Crippen molar-refractivity contribution in [2.75, 3.05) is 25.9 Å². The molecule has 1 saturated carbocycles. The largest absolute Gasteiger partial charge is 0.496 e. The molecule has 0 aromatic heterocycles. The highest BCUT2D eigenvalue weighted by Gasteiger charge is 2.35. The summed E-state index contributed by atoms with van der Waals surface area (Å²) < 4.78 is 5.42. The fraction of sp³-hybridized carbons (Fsp3) is 0.600. The minimum absolute atomic E-state index is 0.772. The lowest BCUT2D eigenvalue weighted by Gasteiger charge is -2.18. The van der Waals surface area contributed by atoms with Gasteiger partial charge >= 0.3 is 0 Å². The first-order chi connectivity index (χ1) is 8.76. The minimum Gasteiger partial charge on any atom is -0.496 e. The molecule has 3 nitrogen and oxygen atoms in total. The second-order valence-electron chi connectivity index (χ2n) is 5.72. The maximum absolute atomic E-state index is 5.79. The molecular weight excluding hydrogens is 224 g/mol. The predicted octanol–water partition coefficient (Wildman–Crippen LogP) is 2.51. The van der Waals surface area contributed by atoms with Gasteiger partial charge in [-0.15, -0.1) is 0 Å². The lowest BCUT2D eigenvalue weighted by molar-refractivity contribution is 0.296. The lowest BCUT2D eigenvalue weighted by Crippen LogP contribution is -2.21. The molecule has 1 saturated heterocycles. The van der Waals surface area contributed by atoms with E-state index in [1.54, 1.807) is 7.11 Å². The van der Waals surface area contributed by atoms with Crippen LogP contribution in [0.4, 0.5) is 5.69 Å². The van der Waals surface area contributed by atoms with Gasteiger partial charge in [0.2, 0.25) is 0 Å². The highest BCUT2D eigenvalue weighted by Crippen LogP contribution is 2.38. The Bertz CT molecular complexity index is 421. The van der Waals surface area contributed by atoms with E-state index in [2.05, 4.69) is 11.0 Å². The van der Waals surface area contributed by atoms with Gasteiger partial charge in [-0.1, -0.05) is 12.5 Å². The van der Waals surface area contributed by atoms with Crippen LogP contribution in [0.3, 0.4) is 0 Å². The van der Waals surface area contributed by atoms with Crippen LogP contribution in [0.2, 0.25) is 0 Å². The van der Waals surface area contributed by atoms with E-state index in [0.29, 0.717) is 0 Å². The number of nitrogens with two attached hydrogens (primary N) is 1. The van der Waals surface area contributed by atoms with Crippen LogP contribution in [0.25, 0.3) is 0 Å². The van der Waals surface area contributed by atoms with E-state index in [4.69, 9.17) is 10.5 Å². The van der Waals surface area contributed by atoms with Crippen LogP contribution in [0, 0.1) is 11.8 Å². The van der Waals surface area contributed by atoms with Crippen molar-refractivity contribution in [2.45, 2.75) is 25.8 Å². The molecule has 0 bridgehead atoms. The molecule has 3 rings (SSSR count). The van der Waals surface area contributed by atoms with Crippen LogP contribution in [-0.4, -0.2) is 25.1 Å². The number of rotatable bonds is 3. The number of ether oxygens (including phenoxy) is 1. The number of benzene rings is 1. The first kappa shape index (κ1) is 11.8. The molecule has 1 aliphatic heterocycles. The van der Waals surface area contributed by atoms with Gasteiger partial charge in [-0.05, 0) is 30.7 Å². The van der Waals surface area contributed by atoms with Crippen molar-refractivity contribution in [3.63, 3.8) is 0 Å². The molecule has 0 radical (unpaired) electrons. The topological polar surface area (TPSA) is 38.5 Å². The van der Waals surface area contributed by atoms with E-state index >= 15 is 0 Å². The quantitative estimate of drug-likeness (QED) is 0.833. The third kappa shape index (κ3) is 2.19. The summed E-state index contributed by atoms with van der Waals surface area (Å²) >= 11 is 0. The molecule has 0 amide bonds. The van der Waals surface area contributed by atoms with Gasteiger partial charge in [0.15, 0.2) is 0 Å². The van der Waals surface area contributed by atoms with E-state index in [1.165, 1.54) is 37.9 Å². The van der Waals surface area contributed by atoms with Crippen LogP contribution in [0.5, 0.6) is 5.75 Å². The van der Waals surface area contributed by atoms with Crippen LogP contribution in [-0.2, 0) is 6.54 Å². The molecule has 3 heteroatoms. The van der Waals surface area contributed by atoms with Gasteiger partial charge in [-0.25, -0.2) is 0 Å². The molecule has 2 N–H and O–H groups in total. The average molecular weight is 246 g/mol. The van der Waals surface area contributed by atoms with Gasteiger partial charge in [-0.3, -0.25) is 4.90 Å². The third-order valence-corrected chi connectivity index (χ3v) is 4.51. The fourth-order valence-corrected chi connectivity index (χ4v) is 3.59. The number of likely N-dealkylation sites (tertiary alicyclic amines) is 1. The molecule has 0 spiro atoms. The molecule has 2 aliphatic rings. The van der Waals surface area contributed by atoms with Gasteiger partial charge in [0.25, 0.3) is 0 Å². The SMILES string of the molecule is COc1cc(N)ccc1CN1CC2CCCC2C1.